The van der Waals surface area contributed by atoms with Gasteiger partial charge in [-0.05, 0) is 23.6 Å². The summed E-state index contributed by atoms with van der Waals surface area (Å²) in [5.41, 5.74) is 4.26. The van der Waals surface area contributed by atoms with Crippen molar-refractivity contribution in [1.29, 1.82) is 0 Å². The Balaban J connectivity index is 2.41. The van der Waals surface area contributed by atoms with Crippen molar-refractivity contribution in [3.63, 3.8) is 0 Å². The summed E-state index contributed by atoms with van der Waals surface area (Å²) in [5.74, 6) is 0. The average molecular weight is 245 g/mol. The van der Waals surface area contributed by atoms with E-state index in [9.17, 15) is 0 Å². The van der Waals surface area contributed by atoms with Gasteiger partial charge in [-0.25, -0.2) is 0 Å². The van der Waals surface area contributed by atoms with Crippen molar-refractivity contribution in [2.45, 2.75) is 12.5 Å². The van der Waals surface area contributed by atoms with Gasteiger partial charge in [-0.1, -0.05) is 54.6 Å². The Labute approximate surface area is 104 Å². The number of halogens is 1. The molecule has 0 saturated carbocycles. The minimum absolute atomic E-state index is 0.323. The van der Waals surface area contributed by atoms with Crippen molar-refractivity contribution in [1.82, 2.24) is 0 Å². The van der Waals surface area contributed by atoms with Gasteiger partial charge in [0.1, 0.15) is 0 Å². The second-order valence-corrected chi connectivity index (χ2v) is 5.26. The summed E-state index contributed by atoms with van der Waals surface area (Å²) in [6, 6.07) is 18.9. The Morgan fingerprint density at radius 3 is 2.19 bits per heavy atom. The fourth-order valence-corrected chi connectivity index (χ4v) is 3.35. The molecular formula is C14H13ClSi. The minimum Gasteiger partial charge on any atom is -0.170 e. The lowest BCUT2D eigenvalue weighted by atomic mass is 10.00. The van der Waals surface area contributed by atoms with E-state index in [0.29, 0.717) is 14.4 Å². The molecule has 0 aliphatic rings. The monoisotopic (exact) mass is 244 g/mol. The fourth-order valence-electron chi connectivity index (χ4n) is 1.86. The SMILES string of the molecule is Cc1ccccc1C([Si]Cl)c1ccccc1. The van der Waals surface area contributed by atoms with E-state index in [2.05, 4.69) is 55.5 Å². The van der Waals surface area contributed by atoms with Crippen LogP contribution in [0.4, 0.5) is 0 Å². The second-order valence-electron chi connectivity index (χ2n) is 3.81. The highest BCUT2D eigenvalue weighted by Crippen LogP contribution is 2.26. The fraction of sp³-hybridized carbons (Fsp3) is 0.143. The molecule has 0 saturated heterocycles. The molecule has 2 aromatic carbocycles. The third-order valence-corrected chi connectivity index (χ3v) is 4.26. The van der Waals surface area contributed by atoms with Gasteiger partial charge >= 0.3 is 0 Å². The average Bonchev–Trinajstić information content (AvgIpc) is 2.34. The molecule has 0 aliphatic carbocycles. The van der Waals surface area contributed by atoms with Crippen LogP contribution in [0.15, 0.2) is 54.6 Å². The van der Waals surface area contributed by atoms with Gasteiger partial charge in [0.15, 0.2) is 8.83 Å². The van der Waals surface area contributed by atoms with Gasteiger partial charge in [0.05, 0.1) is 0 Å². The van der Waals surface area contributed by atoms with E-state index in [0.717, 1.165) is 0 Å². The van der Waals surface area contributed by atoms with Gasteiger partial charge in [0.25, 0.3) is 0 Å². The number of rotatable bonds is 3. The smallest absolute Gasteiger partial charge is 0.170 e. The van der Waals surface area contributed by atoms with Gasteiger partial charge in [0.2, 0.25) is 0 Å². The molecule has 0 bridgehead atoms. The zero-order chi connectivity index (χ0) is 11.4. The van der Waals surface area contributed by atoms with Gasteiger partial charge in [-0.2, -0.15) is 11.1 Å². The van der Waals surface area contributed by atoms with Crippen LogP contribution in [0.1, 0.15) is 22.2 Å². The molecule has 80 valence electrons. The third-order valence-electron chi connectivity index (χ3n) is 2.74. The van der Waals surface area contributed by atoms with Crippen LogP contribution in [0.25, 0.3) is 0 Å². The lowest BCUT2D eigenvalue weighted by molar-refractivity contribution is 1.10. The van der Waals surface area contributed by atoms with E-state index >= 15 is 0 Å². The standard InChI is InChI=1S/C14H13ClSi/c1-11-7-5-6-10-13(11)14(16-15)12-8-3-2-4-9-12/h2-10,14H,1H3. The van der Waals surface area contributed by atoms with Crippen LogP contribution < -0.4 is 0 Å². The van der Waals surface area contributed by atoms with E-state index < -0.39 is 0 Å². The van der Waals surface area contributed by atoms with E-state index in [1.165, 1.54) is 16.7 Å². The summed E-state index contributed by atoms with van der Waals surface area (Å²) >= 11 is 6.14. The van der Waals surface area contributed by atoms with Crippen LogP contribution in [0.2, 0.25) is 0 Å². The lowest BCUT2D eigenvalue weighted by Gasteiger charge is -2.16. The molecule has 0 aliphatic heterocycles. The van der Waals surface area contributed by atoms with Gasteiger partial charge in [-0.3, -0.25) is 0 Å². The molecule has 0 N–H and O–H groups in total. The first-order valence-electron chi connectivity index (χ1n) is 5.29. The Morgan fingerprint density at radius 2 is 1.56 bits per heavy atom. The zero-order valence-corrected chi connectivity index (χ0v) is 10.9. The molecule has 0 spiro atoms. The summed E-state index contributed by atoms with van der Waals surface area (Å²) in [4.78, 5) is 0. The molecule has 2 radical (unpaired) electrons. The molecule has 2 aromatic rings. The number of hydrogen-bond acceptors (Lipinski definition) is 0. The first-order chi connectivity index (χ1) is 7.83. The lowest BCUT2D eigenvalue weighted by Crippen LogP contribution is -2.07. The summed E-state index contributed by atoms with van der Waals surface area (Å²) in [6.07, 6.45) is 0. The second kappa shape index (κ2) is 5.33. The van der Waals surface area contributed by atoms with E-state index in [-0.39, 0.29) is 0 Å². The quantitative estimate of drug-likeness (QED) is 0.567. The van der Waals surface area contributed by atoms with Crippen molar-refractivity contribution in [2.24, 2.45) is 0 Å². The number of aryl methyl sites for hydroxylation is 1. The number of benzene rings is 2. The van der Waals surface area contributed by atoms with Crippen molar-refractivity contribution in [2.75, 3.05) is 0 Å². The maximum atomic E-state index is 6.14. The summed E-state index contributed by atoms with van der Waals surface area (Å²) in [5, 5.41) is 0. The largest absolute Gasteiger partial charge is 0.184 e. The molecule has 2 rings (SSSR count). The van der Waals surface area contributed by atoms with E-state index in [1.807, 2.05) is 6.07 Å². The molecule has 2 heteroatoms. The van der Waals surface area contributed by atoms with E-state index in [4.69, 9.17) is 11.1 Å². The maximum absolute atomic E-state index is 6.14. The summed E-state index contributed by atoms with van der Waals surface area (Å²) < 4.78 is 0. The Kier molecular flexibility index (Phi) is 3.81. The highest BCUT2D eigenvalue weighted by molar-refractivity contribution is 6.94. The van der Waals surface area contributed by atoms with Crippen molar-refractivity contribution >= 4 is 19.9 Å². The molecule has 0 heterocycles. The third kappa shape index (κ3) is 2.37. The van der Waals surface area contributed by atoms with Crippen LogP contribution in [0.3, 0.4) is 0 Å². The van der Waals surface area contributed by atoms with Crippen molar-refractivity contribution < 1.29 is 0 Å². The minimum atomic E-state index is 0.323. The van der Waals surface area contributed by atoms with Crippen LogP contribution >= 0.6 is 11.1 Å². The van der Waals surface area contributed by atoms with Gasteiger partial charge in [-0.15, -0.1) is 0 Å². The van der Waals surface area contributed by atoms with Gasteiger partial charge in [0, 0.05) is 5.54 Å². The molecular weight excluding hydrogens is 232 g/mol. The molecule has 0 nitrogen and oxygen atoms in total. The molecule has 0 amide bonds. The maximum Gasteiger partial charge on any atom is 0.184 e. The zero-order valence-electron chi connectivity index (χ0n) is 9.15. The molecule has 1 unspecified atom stereocenters. The van der Waals surface area contributed by atoms with Crippen LogP contribution in [0, 0.1) is 6.92 Å². The highest BCUT2D eigenvalue weighted by atomic mass is 35.6. The topological polar surface area (TPSA) is 0 Å². The Morgan fingerprint density at radius 1 is 0.938 bits per heavy atom. The van der Waals surface area contributed by atoms with Crippen LogP contribution in [0.5, 0.6) is 0 Å². The van der Waals surface area contributed by atoms with E-state index in [1.54, 1.807) is 0 Å². The van der Waals surface area contributed by atoms with Gasteiger partial charge < -0.3 is 0 Å². The normalized spacial score (nSPS) is 12.4. The van der Waals surface area contributed by atoms with Crippen molar-refractivity contribution in [3.05, 3.63) is 71.3 Å². The number of hydrogen-bond donors (Lipinski definition) is 0. The van der Waals surface area contributed by atoms with Crippen LogP contribution in [-0.4, -0.2) is 8.83 Å². The molecule has 1 atom stereocenters. The Hall–Kier alpha value is -1.05. The first-order valence-corrected chi connectivity index (χ1v) is 7.38. The summed E-state index contributed by atoms with van der Waals surface area (Å²) in [6.45, 7) is 2.14. The predicted molar refractivity (Wildman–Crippen MR) is 71.1 cm³/mol. The Bertz CT molecular complexity index is 453. The predicted octanol–water partition coefficient (Wildman–Crippen LogP) is 3.94. The molecule has 0 aromatic heterocycles. The summed E-state index contributed by atoms with van der Waals surface area (Å²) in [7, 11) is 0.372. The van der Waals surface area contributed by atoms with Crippen LogP contribution in [-0.2, 0) is 0 Å². The molecule has 16 heavy (non-hydrogen) atoms. The highest BCUT2D eigenvalue weighted by Gasteiger charge is 2.15. The van der Waals surface area contributed by atoms with Crippen molar-refractivity contribution in [3.8, 4) is 0 Å². The first kappa shape index (κ1) is 11.4. The molecule has 0 fully saturated rings.